The number of alkyl halides is 3. The molecule has 2 aromatic carbocycles. The number of amides is 1. The molecule has 3 rings (SSSR count). The van der Waals surface area contributed by atoms with Crippen LogP contribution in [0.3, 0.4) is 0 Å². The van der Waals surface area contributed by atoms with E-state index in [0.717, 1.165) is 28.2 Å². The molecule has 0 unspecified atom stereocenters. The molecule has 3 aromatic rings. The number of halogens is 3. The minimum atomic E-state index is -4.51. The molecule has 1 N–H and O–H groups in total. The lowest BCUT2D eigenvalue weighted by Gasteiger charge is -2.13. The molecular formula is C19H17F3N2O. The molecule has 0 saturated heterocycles. The van der Waals surface area contributed by atoms with E-state index < -0.39 is 17.6 Å². The summed E-state index contributed by atoms with van der Waals surface area (Å²) >= 11 is 0. The van der Waals surface area contributed by atoms with Crippen molar-refractivity contribution in [3.63, 3.8) is 0 Å². The van der Waals surface area contributed by atoms with E-state index in [0.29, 0.717) is 0 Å². The van der Waals surface area contributed by atoms with Crippen molar-refractivity contribution < 1.29 is 18.0 Å². The molecule has 1 amide bonds. The molecule has 0 aliphatic heterocycles. The van der Waals surface area contributed by atoms with Gasteiger partial charge in [0.2, 0.25) is 5.91 Å². The highest BCUT2D eigenvalue weighted by atomic mass is 19.4. The first-order chi connectivity index (χ1) is 11.8. The van der Waals surface area contributed by atoms with Crippen LogP contribution in [0.1, 0.15) is 16.8 Å². The number of anilines is 1. The van der Waals surface area contributed by atoms with Gasteiger partial charge in [0.1, 0.15) is 0 Å². The number of benzene rings is 2. The number of fused-ring (bicyclic) bond motifs is 1. The number of hydrogen-bond acceptors (Lipinski definition) is 1. The average molecular weight is 346 g/mol. The standard InChI is InChI=1S/C19H17F3N2O/c1-12-14(13-7-3-6-10-17(13)24(12)2)11-18(25)23-16-9-5-4-8-15(16)19(20,21)22/h3-10H,11H2,1-2H3,(H,23,25). The van der Waals surface area contributed by atoms with Gasteiger partial charge in [0.25, 0.3) is 0 Å². The summed E-state index contributed by atoms with van der Waals surface area (Å²) in [5.74, 6) is -0.476. The van der Waals surface area contributed by atoms with Crippen molar-refractivity contribution >= 4 is 22.5 Å². The Kier molecular flexibility index (Phi) is 4.29. The summed E-state index contributed by atoms with van der Waals surface area (Å²) < 4.78 is 41.1. The molecule has 1 heterocycles. The van der Waals surface area contributed by atoms with Crippen molar-refractivity contribution in [3.05, 3.63) is 65.4 Å². The Labute approximate surface area is 143 Å². The maximum absolute atomic E-state index is 13.0. The van der Waals surface area contributed by atoms with Crippen molar-refractivity contribution in [2.45, 2.75) is 19.5 Å². The zero-order valence-corrected chi connectivity index (χ0v) is 13.8. The number of carbonyl (C=O) groups excluding carboxylic acids is 1. The fraction of sp³-hybridized carbons (Fsp3) is 0.211. The van der Waals surface area contributed by atoms with Crippen LogP contribution in [-0.2, 0) is 24.4 Å². The minimum absolute atomic E-state index is 0.0133. The third-order valence-corrected chi connectivity index (χ3v) is 4.37. The van der Waals surface area contributed by atoms with Crippen molar-refractivity contribution in [2.24, 2.45) is 7.05 Å². The number of rotatable bonds is 3. The van der Waals surface area contributed by atoms with Crippen LogP contribution in [0.25, 0.3) is 10.9 Å². The van der Waals surface area contributed by atoms with Crippen molar-refractivity contribution in [2.75, 3.05) is 5.32 Å². The molecule has 0 fully saturated rings. The summed E-state index contributed by atoms with van der Waals surface area (Å²) in [5, 5.41) is 3.33. The molecule has 25 heavy (non-hydrogen) atoms. The van der Waals surface area contributed by atoms with Gasteiger partial charge in [0.05, 0.1) is 17.7 Å². The highest BCUT2D eigenvalue weighted by Gasteiger charge is 2.33. The lowest BCUT2D eigenvalue weighted by molar-refractivity contribution is -0.137. The van der Waals surface area contributed by atoms with Crippen molar-refractivity contribution in [1.29, 1.82) is 0 Å². The third kappa shape index (κ3) is 3.24. The molecule has 1 aromatic heterocycles. The average Bonchev–Trinajstić information content (AvgIpc) is 2.80. The molecule has 3 nitrogen and oxygen atoms in total. The van der Waals surface area contributed by atoms with Crippen LogP contribution in [0, 0.1) is 6.92 Å². The predicted molar refractivity (Wildman–Crippen MR) is 91.4 cm³/mol. The van der Waals surface area contributed by atoms with E-state index in [1.807, 2.05) is 42.8 Å². The third-order valence-electron chi connectivity index (χ3n) is 4.37. The van der Waals surface area contributed by atoms with Crippen LogP contribution in [0.5, 0.6) is 0 Å². The van der Waals surface area contributed by atoms with Crippen LogP contribution in [0.2, 0.25) is 0 Å². The van der Waals surface area contributed by atoms with Crippen LogP contribution in [-0.4, -0.2) is 10.5 Å². The quantitative estimate of drug-likeness (QED) is 0.734. The first-order valence-electron chi connectivity index (χ1n) is 7.78. The minimum Gasteiger partial charge on any atom is -0.348 e. The summed E-state index contributed by atoms with van der Waals surface area (Å²) in [6.45, 7) is 1.90. The zero-order chi connectivity index (χ0) is 18.2. The van der Waals surface area contributed by atoms with Gasteiger partial charge in [-0.25, -0.2) is 0 Å². The van der Waals surface area contributed by atoms with Gasteiger partial charge in [-0.05, 0) is 30.7 Å². The molecule has 6 heteroatoms. The molecule has 0 spiro atoms. The van der Waals surface area contributed by atoms with E-state index in [2.05, 4.69) is 5.32 Å². The van der Waals surface area contributed by atoms with Crippen LogP contribution >= 0.6 is 0 Å². The Morgan fingerprint density at radius 3 is 2.44 bits per heavy atom. The Morgan fingerprint density at radius 2 is 1.72 bits per heavy atom. The first kappa shape index (κ1) is 17.1. The van der Waals surface area contributed by atoms with Gasteiger partial charge in [0.15, 0.2) is 0 Å². The van der Waals surface area contributed by atoms with Crippen molar-refractivity contribution in [1.82, 2.24) is 4.57 Å². The number of aromatic nitrogens is 1. The molecule has 0 atom stereocenters. The predicted octanol–water partition coefficient (Wildman–Crippen LogP) is 4.69. The molecular weight excluding hydrogens is 329 g/mol. The second kappa shape index (κ2) is 6.27. The van der Waals surface area contributed by atoms with Crippen LogP contribution in [0.4, 0.5) is 18.9 Å². The lowest BCUT2D eigenvalue weighted by Crippen LogP contribution is -2.18. The topological polar surface area (TPSA) is 34.0 Å². The second-order valence-corrected chi connectivity index (χ2v) is 5.91. The summed E-state index contributed by atoms with van der Waals surface area (Å²) in [6.07, 6.45) is -4.50. The Bertz CT molecular complexity index is 941. The maximum atomic E-state index is 13.0. The normalized spacial score (nSPS) is 11.7. The summed E-state index contributed by atoms with van der Waals surface area (Å²) in [4.78, 5) is 12.4. The number of para-hydroxylation sites is 2. The van der Waals surface area contributed by atoms with Gasteiger partial charge in [-0.1, -0.05) is 30.3 Å². The highest BCUT2D eigenvalue weighted by molar-refractivity contribution is 5.97. The summed E-state index contributed by atoms with van der Waals surface area (Å²) in [7, 11) is 1.90. The Balaban J connectivity index is 1.89. The maximum Gasteiger partial charge on any atom is 0.418 e. The summed E-state index contributed by atoms with van der Waals surface area (Å²) in [6, 6.07) is 12.6. The largest absolute Gasteiger partial charge is 0.418 e. The second-order valence-electron chi connectivity index (χ2n) is 5.91. The van der Waals surface area contributed by atoms with Gasteiger partial charge in [-0.15, -0.1) is 0 Å². The van der Waals surface area contributed by atoms with E-state index in [-0.39, 0.29) is 12.1 Å². The number of nitrogens with zero attached hydrogens (tertiary/aromatic N) is 1. The summed E-state index contributed by atoms with van der Waals surface area (Å²) in [5.41, 5.74) is 1.65. The lowest BCUT2D eigenvalue weighted by atomic mass is 10.1. The van der Waals surface area contributed by atoms with E-state index in [1.54, 1.807) is 0 Å². The van der Waals surface area contributed by atoms with Crippen molar-refractivity contribution in [3.8, 4) is 0 Å². The SMILES string of the molecule is Cc1c(CC(=O)Nc2ccccc2C(F)(F)F)c2ccccc2n1C. The van der Waals surface area contributed by atoms with Gasteiger partial charge in [0, 0.05) is 23.6 Å². The zero-order valence-electron chi connectivity index (χ0n) is 13.8. The first-order valence-corrected chi connectivity index (χ1v) is 7.78. The van der Waals surface area contributed by atoms with E-state index >= 15 is 0 Å². The Hall–Kier alpha value is -2.76. The molecule has 0 radical (unpaired) electrons. The monoisotopic (exact) mass is 346 g/mol. The van der Waals surface area contributed by atoms with Gasteiger partial charge < -0.3 is 9.88 Å². The number of hydrogen-bond donors (Lipinski definition) is 1. The fourth-order valence-electron chi connectivity index (χ4n) is 3.02. The smallest absolute Gasteiger partial charge is 0.348 e. The van der Waals surface area contributed by atoms with E-state index in [4.69, 9.17) is 0 Å². The van der Waals surface area contributed by atoms with E-state index in [9.17, 15) is 18.0 Å². The number of carbonyl (C=O) groups is 1. The highest BCUT2D eigenvalue weighted by Crippen LogP contribution is 2.34. The fourth-order valence-corrected chi connectivity index (χ4v) is 3.02. The van der Waals surface area contributed by atoms with Crippen LogP contribution in [0.15, 0.2) is 48.5 Å². The number of nitrogens with one attached hydrogen (secondary N) is 1. The number of aryl methyl sites for hydroxylation is 1. The van der Waals surface area contributed by atoms with Gasteiger partial charge >= 0.3 is 6.18 Å². The molecule has 0 saturated carbocycles. The molecule has 0 aliphatic carbocycles. The molecule has 0 bridgehead atoms. The molecule has 130 valence electrons. The molecule has 0 aliphatic rings. The Morgan fingerprint density at radius 1 is 1.08 bits per heavy atom. The van der Waals surface area contributed by atoms with Crippen LogP contribution < -0.4 is 5.32 Å². The van der Waals surface area contributed by atoms with Gasteiger partial charge in [-0.2, -0.15) is 13.2 Å². The van der Waals surface area contributed by atoms with E-state index in [1.165, 1.54) is 18.2 Å². The van der Waals surface area contributed by atoms with Gasteiger partial charge in [-0.3, -0.25) is 4.79 Å².